The molecule has 1 unspecified atom stereocenters. The lowest BCUT2D eigenvalue weighted by Gasteiger charge is -2.22. The normalized spacial score (nSPS) is 21.4. The van der Waals surface area contributed by atoms with E-state index in [2.05, 4.69) is 4.74 Å². The van der Waals surface area contributed by atoms with E-state index in [1.165, 1.54) is 32.0 Å². The number of benzene rings is 1. The number of rotatable bonds is 2. The molecule has 1 aliphatic rings. The molecule has 0 spiro atoms. The molecule has 114 valence electrons. The number of hydrogen-bond acceptors (Lipinski definition) is 3. The van der Waals surface area contributed by atoms with E-state index >= 15 is 0 Å². The van der Waals surface area contributed by atoms with Gasteiger partial charge >= 0.3 is 12.1 Å². The van der Waals surface area contributed by atoms with Gasteiger partial charge in [-0.1, -0.05) is 0 Å². The van der Waals surface area contributed by atoms with Crippen molar-refractivity contribution in [1.29, 1.82) is 0 Å². The predicted molar refractivity (Wildman–Crippen MR) is 68.8 cm³/mol. The Bertz CT molecular complexity index is 612. The standard InChI is InChI=1S/C14H14F3NO3/c1-13(7-11(19)21-3)9-6-8(14(15,16)17)4-5-10(9)18(2)12(13)20/h4-6H,7H2,1-3H3. The Balaban J connectivity index is 2.57. The number of carbonyl (C=O) groups excluding carboxylic acids is 2. The van der Waals surface area contributed by atoms with Crippen molar-refractivity contribution in [2.75, 3.05) is 19.1 Å². The van der Waals surface area contributed by atoms with Crippen molar-refractivity contribution in [3.05, 3.63) is 29.3 Å². The van der Waals surface area contributed by atoms with E-state index in [1.54, 1.807) is 0 Å². The van der Waals surface area contributed by atoms with E-state index < -0.39 is 29.0 Å². The molecule has 0 saturated heterocycles. The van der Waals surface area contributed by atoms with Gasteiger partial charge < -0.3 is 9.64 Å². The molecule has 1 atom stereocenters. The molecule has 0 bridgehead atoms. The molecule has 0 fully saturated rings. The Kier molecular flexibility index (Phi) is 3.47. The van der Waals surface area contributed by atoms with Gasteiger partial charge in [0.1, 0.15) is 0 Å². The van der Waals surface area contributed by atoms with E-state index in [-0.39, 0.29) is 12.0 Å². The SMILES string of the molecule is COC(=O)CC1(C)C(=O)N(C)c2ccc(C(F)(F)F)cc21. The maximum absolute atomic E-state index is 12.8. The molecule has 0 aromatic heterocycles. The van der Waals surface area contributed by atoms with Gasteiger partial charge in [-0.3, -0.25) is 9.59 Å². The smallest absolute Gasteiger partial charge is 0.416 e. The van der Waals surface area contributed by atoms with E-state index in [9.17, 15) is 22.8 Å². The molecule has 1 aromatic rings. The van der Waals surface area contributed by atoms with Gasteiger partial charge in [0.2, 0.25) is 5.91 Å². The number of nitrogens with zero attached hydrogens (tertiary/aromatic N) is 1. The molecule has 21 heavy (non-hydrogen) atoms. The third-order valence-corrected chi connectivity index (χ3v) is 3.78. The summed E-state index contributed by atoms with van der Waals surface area (Å²) in [5, 5.41) is 0. The molecule has 7 heteroatoms. The van der Waals surface area contributed by atoms with E-state index in [1.807, 2.05) is 0 Å². The molecule has 0 radical (unpaired) electrons. The van der Waals surface area contributed by atoms with Crippen LogP contribution in [0.25, 0.3) is 0 Å². The number of halogens is 3. The maximum atomic E-state index is 12.8. The quantitative estimate of drug-likeness (QED) is 0.789. The summed E-state index contributed by atoms with van der Waals surface area (Å²) in [5.41, 5.74) is -1.63. The number of methoxy groups -OCH3 is 1. The number of fused-ring (bicyclic) bond motifs is 1. The molecule has 1 aliphatic heterocycles. The van der Waals surface area contributed by atoms with Crippen LogP contribution in [-0.4, -0.2) is 26.0 Å². The highest BCUT2D eigenvalue weighted by atomic mass is 19.4. The summed E-state index contributed by atoms with van der Waals surface area (Å²) >= 11 is 0. The number of carbonyl (C=O) groups is 2. The van der Waals surface area contributed by atoms with Crippen LogP contribution in [0.2, 0.25) is 0 Å². The van der Waals surface area contributed by atoms with Gasteiger partial charge in [-0.25, -0.2) is 0 Å². The number of ether oxygens (including phenoxy) is 1. The van der Waals surface area contributed by atoms with Crippen LogP contribution in [0.5, 0.6) is 0 Å². The molecular formula is C14H14F3NO3. The lowest BCUT2D eigenvalue weighted by atomic mass is 9.80. The summed E-state index contributed by atoms with van der Waals surface area (Å²) in [5.74, 6) is -1.08. The molecule has 0 saturated carbocycles. The minimum absolute atomic E-state index is 0.190. The number of alkyl halides is 3. The fourth-order valence-corrected chi connectivity index (χ4v) is 2.57. The number of anilines is 1. The topological polar surface area (TPSA) is 46.6 Å². The minimum Gasteiger partial charge on any atom is -0.469 e. The zero-order chi connectivity index (χ0) is 16.0. The first-order valence-electron chi connectivity index (χ1n) is 6.18. The second-order valence-corrected chi connectivity index (χ2v) is 5.18. The van der Waals surface area contributed by atoms with Gasteiger partial charge in [0.15, 0.2) is 0 Å². The first-order valence-corrected chi connectivity index (χ1v) is 6.18. The predicted octanol–water partition coefficient (Wildman–Crippen LogP) is 2.50. The highest BCUT2D eigenvalue weighted by molar-refractivity contribution is 6.09. The Hall–Kier alpha value is -2.05. The van der Waals surface area contributed by atoms with Crippen LogP contribution >= 0.6 is 0 Å². The third-order valence-electron chi connectivity index (χ3n) is 3.78. The summed E-state index contributed by atoms with van der Waals surface area (Å²) in [7, 11) is 2.64. The van der Waals surface area contributed by atoms with Gasteiger partial charge in [0.05, 0.1) is 24.5 Å². The molecule has 1 amide bonds. The first-order chi connectivity index (χ1) is 9.61. The van der Waals surface area contributed by atoms with Crippen molar-refractivity contribution >= 4 is 17.6 Å². The summed E-state index contributed by atoms with van der Waals surface area (Å²) in [6, 6.07) is 3.10. The fourth-order valence-electron chi connectivity index (χ4n) is 2.57. The van der Waals surface area contributed by atoms with E-state index in [0.29, 0.717) is 5.69 Å². The number of amides is 1. The van der Waals surface area contributed by atoms with Gasteiger partial charge in [-0.15, -0.1) is 0 Å². The lowest BCUT2D eigenvalue weighted by molar-refractivity contribution is -0.144. The number of hydrogen-bond donors (Lipinski definition) is 0. The van der Waals surface area contributed by atoms with Crippen molar-refractivity contribution in [3.63, 3.8) is 0 Å². The molecule has 1 aromatic carbocycles. The molecule has 0 aliphatic carbocycles. The van der Waals surface area contributed by atoms with E-state index in [0.717, 1.165) is 12.1 Å². The molecule has 4 nitrogen and oxygen atoms in total. The zero-order valence-electron chi connectivity index (χ0n) is 11.7. The second kappa shape index (κ2) is 4.75. The maximum Gasteiger partial charge on any atom is 0.416 e. The fraction of sp³-hybridized carbons (Fsp3) is 0.429. The Morgan fingerprint density at radius 3 is 2.52 bits per heavy atom. The average molecular weight is 301 g/mol. The first kappa shape index (κ1) is 15.3. The van der Waals surface area contributed by atoms with Crippen LogP contribution in [0.1, 0.15) is 24.5 Å². The third kappa shape index (κ3) is 2.36. The number of esters is 1. The Morgan fingerprint density at radius 2 is 2.00 bits per heavy atom. The van der Waals surface area contributed by atoms with Gasteiger partial charge in [-0.05, 0) is 30.7 Å². The Morgan fingerprint density at radius 1 is 1.38 bits per heavy atom. The summed E-state index contributed by atoms with van der Waals surface area (Å²) < 4.78 is 43.1. The minimum atomic E-state index is -4.51. The molecule has 1 heterocycles. The number of likely N-dealkylation sites (N-methyl/N-ethyl adjacent to an activating group) is 1. The Labute approximate surface area is 119 Å². The highest BCUT2D eigenvalue weighted by Crippen LogP contribution is 2.45. The average Bonchev–Trinajstić information content (AvgIpc) is 2.60. The molecule has 0 N–H and O–H groups in total. The summed E-state index contributed by atoms with van der Waals surface area (Å²) in [6.07, 6.45) is -4.81. The van der Waals surface area contributed by atoms with Crippen molar-refractivity contribution < 1.29 is 27.5 Å². The van der Waals surface area contributed by atoms with Gasteiger partial charge in [-0.2, -0.15) is 13.2 Å². The molecule has 2 rings (SSSR count). The van der Waals surface area contributed by atoms with Crippen LogP contribution < -0.4 is 4.90 Å². The second-order valence-electron chi connectivity index (χ2n) is 5.18. The van der Waals surface area contributed by atoms with Crippen molar-refractivity contribution in [1.82, 2.24) is 0 Å². The van der Waals surface area contributed by atoms with Crippen molar-refractivity contribution in [2.45, 2.75) is 24.9 Å². The summed E-state index contributed by atoms with van der Waals surface area (Å²) in [6.45, 7) is 1.45. The largest absolute Gasteiger partial charge is 0.469 e. The monoisotopic (exact) mass is 301 g/mol. The van der Waals surface area contributed by atoms with Crippen LogP contribution in [0.15, 0.2) is 18.2 Å². The van der Waals surface area contributed by atoms with Crippen LogP contribution in [0, 0.1) is 0 Å². The van der Waals surface area contributed by atoms with Crippen LogP contribution in [0.4, 0.5) is 18.9 Å². The summed E-state index contributed by atoms with van der Waals surface area (Å²) in [4.78, 5) is 25.1. The molecular weight excluding hydrogens is 287 g/mol. The van der Waals surface area contributed by atoms with Crippen molar-refractivity contribution in [3.8, 4) is 0 Å². The highest BCUT2D eigenvalue weighted by Gasteiger charge is 2.48. The van der Waals surface area contributed by atoms with Crippen LogP contribution in [-0.2, 0) is 25.9 Å². The van der Waals surface area contributed by atoms with Gasteiger partial charge in [0.25, 0.3) is 0 Å². The van der Waals surface area contributed by atoms with Crippen LogP contribution in [0.3, 0.4) is 0 Å². The van der Waals surface area contributed by atoms with Crippen molar-refractivity contribution in [2.24, 2.45) is 0 Å². The van der Waals surface area contributed by atoms with Gasteiger partial charge in [0, 0.05) is 12.7 Å². The lowest BCUT2D eigenvalue weighted by Crippen LogP contribution is -2.38. The van der Waals surface area contributed by atoms with E-state index in [4.69, 9.17) is 0 Å². The zero-order valence-corrected chi connectivity index (χ0v) is 11.7.